The zero-order valence-electron chi connectivity index (χ0n) is 21.8. The normalized spacial score (nSPS) is 17.2. The molecule has 0 radical (unpaired) electrons. The van der Waals surface area contributed by atoms with Crippen LogP contribution in [0.15, 0.2) is 36.7 Å². The molecule has 38 heavy (non-hydrogen) atoms. The third-order valence-electron chi connectivity index (χ3n) is 7.78. The minimum atomic E-state index is -0.909. The number of carbonyl (C=O) groups excluding carboxylic acids is 1. The summed E-state index contributed by atoms with van der Waals surface area (Å²) < 4.78 is 0. The molecule has 0 aliphatic carbocycles. The maximum atomic E-state index is 13.5. The van der Waals surface area contributed by atoms with Gasteiger partial charge in [0, 0.05) is 48.7 Å². The second kappa shape index (κ2) is 9.24. The molecule has 9 nitrogen and oxygen atoms in total. The van der Waals surface area contributed by atoms with E-state index in [0.717, 1.165) is 62.9 Å². The van der Waals surface area contributed by atoms with Gasteiger partial charge in [0.2, 0.25) is 0 Å². The van der Waals surface area contributed by atoms with Gasteiger partial charge in [0.15, 0.2) is 0 Å². The molecule has 3 aromatic heterocycles. The highest BCUT2D eigenvalue weighted by atomic mass is 16.4. The Balaban J connectivity index is 1.43. The molecule has 4 aromatic rings. The van der Waals surface area contributed by atoms with E-state index in [1.807, 2.05) is 24.2 Å². The summed E-state index contributed by atoms with van der Waals surface area (Å²) >= 11 is 0. The first kappa shape index (κ1) is 24.1. The number of carbonyl (C=O) groups is 2. The molecule has 9 heteroatoms. The molecule has 1 fully saturated rings. The number of hydrogen-bond donors (Lipinski definition) is 2. The maximum Gasteiger partial charge on any atom is 0.407 e. The summed E-state index contributed by atoms with van der Waals surface area (Å²) in [6, 6.07) is 7.92. The SMILES string of the molecule is Cc1cc(C(=O)N2CCc3cc(-c4cnc5[nH]cc(C)c5c4)cc([C@@H]4CCCN4C(=O)O)c3C2)nc(C)n1. The van der Waals surface area contributed by atoms with E-state index in [-0.39, 0.29) is 11.9 Å². The van der Waals surface area contributed by atoms with Crippen molar-refractivity contribution >= 4 is 23.0 Å². The molecule has 6 rings (SSSR count). The smallest absolute Gasteiger partial charge is 0.407 e. The third kappa shape index (κ3) is 4.17. The number of nitrogens with one attached hydrogen (secondary N) is 1. The number of hydrogen-bond acceptors (Lipinski definition) is 5. The van der Waals surface area contributed by atoms with Crippen molar-refractivity contribution in [3.05, 3.63) is 76.1 Å². The van der Waals surface area contributed by atoms with Crippen molar-refractivity contribution in [1.82, 2.24) is 29.7 Å². The lowest BCUT2D eigenvalue weighted by Gasteiger charge is -2.33. The largest absolute Gasteiger partial charge is 0.465 e. The van der Waals surface area contributed by atoms with Crippen LogP contribution < -0.4 is 0 Å². The molecule has 1 atom stereocenters. The number of likely N-dealkylation sites (tertiary alicyclic amines) is 1. The molecular formula is C29H30N6O3. The highest BCUT2D eigenvalue weighted by molar-refractivity contribution is 5.92. The Labute approximate surface area is 220 Å². The van der Waals surface area contributed by atoms with Crippen molar-refractivity contribution in [3.63, 3.8) is 0 Å². The highest BCUT2D eigenvalue weighted by Crippen LogP contribution is 2.40. The first-order valence-electron chi connectivity index (χ1n) is 13.0. The van der Waals surface area contributed by atoms with E-state index in [0.29, 0.717) is 37.6 Å². The molecule has 0 unspecified atom stereocenters. The van der Waals surface area contributed by atoms with Crippen molar-refractivity contribution in [2.75, 3.05) is 13.1 Å². The second-order valence-electron chi connectivity index (χ2n) is 10.3. The number of benzene rings is 1. The fourth-order valence-electron chi connectivity index (χ4n) is 5.94. The summed E-state index contributed by atoms with van der Waals surface area (Å²) in [7, 11) is 0. The van der Waals surface area contributed by atoms with Crippen LogP contribution in [0.1, 0.15) is 63.1 Å². The predicted octanol–water partition coefficient (Wildman–Crippen LogP) is 4.96. The number of pyridine rings is 1. The molecule has 194 valence electrons. The summed E-state index contributed by atoms with van der Waals surface area (Å²) in [4.78, 5) is 45.4. The van der Waals surface area contributed by atoms with Crippen molar-refractivity contribution in [3.8, 4) is 11.1 Å². The maximum absolute atomic E-state index is 13.5. The molecule has 5 heterocycles. The van der Waals surface area contributed by atoms with Gasteiger partial charge < -0.3 is 19.9 Å². The van der Waals surface area contributed by atoms with E-state index in [1.165, 1.54) is 4.90 Å². The van der Waals surface area contributed by atoms with Gasteiger partial charge in [0.25, 0.3) is 5.91 Å². The predicted molar refractivity (Wildman–Crippen MR) is 143 cm³/mol. The Hall–Kier alpha value is -4.27. The van der Waals surface area contributed by atoms with Gasteiger partial charge in [-0.1, -0.05) is 6.07 Å². The zero-order chi connectivity index (χ0) is 26.6. The summed E-state index contributed by atoms with van der Waals surface area (Å²) in [5.41, 5.74) is 8.32. The van der Waals surface area contributed by atoms with Crippen molar-refractivity contribution in [2.45, 2.75) is 52.6 Å². The highest BCUT2D eigenvalue weighted by Gasteiger charge is 2.34. The minimum absolute atomic E-state index is 0.127. The zero-order valence-corrected chi connectivity index (χ0v) is 21.8. The van der Waals surface area contributed by atoms with E-state index in [4.69, 9.17) is 0 Å². The lowest BCUT2D eigenvalue weighted by Crippen LogP contribution is -2.38. The van der Waals surface area contributed by atoms with E-state index in [9.17, 15) is 14.7 Å². The molecule has 2 amide bonds. The molecule has 2 aliphatic rings. The summed E-state index contributed by atoms with van der Waals surface area (Å²) in [6.45, 7) is 7.20. The van der Waals surface area contributed by atoms with Crippen LogP contribution in [0.4, 0.5) is 4.79 Å². The first-order chi connectivity index (χ1) is 18.3. The number of nitrogens with zero attached hydrogens (tertiary/aromatic N) is 5. The Morgan fingerprint density at radius 3 is 2.68 bits per heavy atom. The van der Waals surface area contributed by atoms with E-state index < -0.39 is 6.09 Å². The molecule has 1 saturated heterocycles. The van der Waals surface area contributed by atoms with Gasteiger partial charge in [-0.15, -0.1) is 0 Å². The van der Waals surface area contributed by atoms with Crippen molar-refractivity contribution in [1.29, 1.82) is 0 Å². The van der Waals surface area contributed by atoms with Crippen LogP contribution in [0, 0.1) is 20.8 Å². The Morgan fingerprint density at radius 1 is 1.05 bits per heavy atom. The Morgan fingerprint density at radius 2 is 1.89 bits per heavy atom. The monoisotopic (exact) mass is 510 g/mol. The van der Waals surface area contributed by atoms with Crippen LogP contribution in [-0.4, -0.2) is 59.9 Å². The molecule has 0 saturated carbocycles. The summed E-state index contributed by atoms with van der Waals surface area (Å²) in [6.07, 6.45) is 5.17. The summed E-state index contributed by atoms with van der Waals surface area (Å²) in [5, 5.41) is 11.0. The molecule has 0 spiro atoms. The van der Waals surface area contributed by atoms with Gasteiger partial charge >= 0.3 is 6.09 Å². The van der Waals surface area contributed by atoms with Crippen LogP contribution in [0.5, 0.6) is 0 Å². The number of aromatic amines is 1. The van der Waals surface area contributed by atoms with Gasteiger partial charge in [-0.2, -0.15) is 0 Å². The average Bonchev–Trinajstić information content (AvgIpc) is 3.54. The lowest BCUT2D eigenvalue weighted by atomic mass is 9.86. The van der Waals surface area contributed by atoms with Gasteiger partial charge in [-0.3, -0.25) is 4.79 Å². The molecular weight excluding hydrogens is 480 g/mol. The van der Waals surface area contributed by atoms with Crippen LogP contribution in [-0.2, 0) is 13.0 Å². The second-order valence-corrected chi connectivity index (χ2v) is 10.3. The quantitative estimate of drug-likeness (QED) is 0.403. The molecule has 2 aliphatic heterocycles. The fraction of sp³-hybridized carbons (Fsp3) is 0.345. The molecule has 2 N–H and O–H groups in total. The topological polar surface area (TPSA) is 115 Å². The van der Waals surface area contributed by atoms with Crippen molar-refractivity contribution < 1.29 is 14.7 Å². The fourth-order valence-corrected chi connectivity index (χ4v) is 5.94. The number of H-pyrrole nitrogens is 1. The van der Waals surface area contributed by atoms with Crippen LogP contribution in [0.3, 0.4) is 0 Å². The number of rotatable bonds is 3. The van der Waals surface area contributed by atoms with Crippen LogP contribution in [0.25, 0.3) is 22.2 Å². The minimum Gasteiger partial charge on any atom is -0.465 e. The van der Waals surface area contributed by atoms with Crippen LogP contribution in [0.2, 0.25) is 0 Å². The van der Waals surface area contributed by atoms with E-state index >= 15 is 0 Å². The number of aryl methyl sites for hydroxylation is 3. The molecule has 0 bridgehead atoms. The summed E-state index contributed by atoms with van der Waals surface area (Å²) in [5.74, 6) is 0.445. The van der Waals surface area contributed by atoms with Crippen LogP contribution >= 0.6 is 0 Å². The lowest BCUT2D eigenvalue weighted by molar-refractivity contribution is 0.0726. The Kier molecular flexibility index (Phi) is 5.86. The number of aromatic nitrogens is 4. The third-order valence-corrected chi connectivity index (χ3v) is 7.78. The van der Waals surface area contributed by atoms with Crippen molar-refractivity contribution in [2.24, 2.45) is 0 Å². The van der Waals surface area contributed by atoms with Gasteiger partial charge in [-0.25, -0.2) is 19.7 Å². The Bertz CT molecular complexity index is 1570. The average molecular weight is 511 g/mol. The first-order valence-corrected chi connectivity index (χ1v) is 13.0. The van der Waals surface area contributed by atoms with E-state index in [1.54, 1.807) is 13.0 Å². The molecule has 1 aromatic carbocycles. The number of fused-ring (bicyclic) bond motifs is 2. The van der Waals surface area contributed by atoms with Gasteiger partial charge in [0.05, 0.1) is 6.04 Å². The van der Waals surface area contributed by atoms with Gasteiger partial charge in [-0.05, 0) is 86.1 Å². The standard InChI is InChI=1S/C29H30N6O3/c1-16-13-30-27-22(16)12-21(14-31-27)20-10-19-6-8-34(28(36)25-9-17(2)32-18(3)33-25)15-24(19)23(11-20)26-5-4-7-35(26)29(37)38/h9-14,26H,4-8,15H2,1-3H3,(H,30,31)(H,37,38)/t26-/m0/s1. The van der Waals surface area contributed by atoms with E-state index in [2.05, 4.69) is 45.1 Å². The van der Waals surface area contributed by atoms with Gasteiger partial charge in [0.1, 0.15) is 17.2 Å². The number of amides is 2. The number of carboxylic acid groups (broad SMARTS) is 1.